The summed E-state index contributed by atoms with van der Waals surface area (Å²) in [6.07, 6.45) is 1.65. The van der Waals surface area contributed by atoms with Crippen molar-refractivity contribution in [3.63, 3.8) is 0 Å². The molecule has 0 atom stereocenters. The summed E-state index contributed by atoms with van der Waals surface area (Å²) in [5.74, 6) is 0.871. The standard InChI is InChI=1S/C13H12N4S/c1-9-11-12(15-8-14-11)17-13(16-9)18-7-10-5-3-2-4-6-10/h2-6,8H,7H2,1H3,(H,14,15,16,17). The van der Waals surface area contributed by atoms with Crippen LogP contribution in [0.2, 0.25) is 0 Å². The van der Waals surface area contributed by atoms with Crippen LogP contribution in [0.5, 0.6) is 0 Å². The Balaban J connectivity index is 1.82. The molecule has 5 heteroatoms. The van der Waals surface area contributed by atoms with Gasteiger partial charge in [0.15, 0.2) is 10.8 Å². The van der Waals surface area contributed by atoms with Gasteiger partial charge in [-0.15, -0.1) is 0 Å². The first-order valence-corrected chi connectivity index (χ1v) is 6.66. The Morgan fingerprint density at radius 2 is 2.00 bits per heavy atom. The predicted molar refractivity (Wildman–Crippen MR) is 72.4 cm³/mol. The monoisotopic (exact) mass is 256 g/mol. The number of H-pyrrole nitrogens is 1. The van der Waals surface area contributed by atoms with E-state index in [1.807, 2.05) is 25.1 Å². The molecule has 2 heterocycles. The highest BCUT2D eigenvalue weighted by Gasteiger charge is 2.06. The van der Waals surface area contributed by atoms with Gasteiger partial charge in [0, 0.05) is 5.75 Å². The van der Waals surface area contributed by atoms with Crippen LogP contribution in [0.15, 0.2) is 41.8 Å². The quantitative estimate of drug-likeness (QED) is 0.578. The van der Waals surface area contributed by atoms with Crippen molar-refractivity contribution in [1.29, 1.82) is 0 Å². The molecule has 0 aliphatic heterocycles. The van der Waals surface area contributed by atoms with E-state index >= 15 is 0 Å². The molecule has 0 bridgehead atoms. The number of aromatic amines is 1. The van der Waals surface area contributed by atoms with Gasteiger partial charge in [-0.05, 0) is 12.5 Å². The summed E-state index contributed by atoms with van der Waals surface area (Å²) in [6.45, 7) is 1.97. The van der Waals surface area contributed by atoms with Crippen LogP contribution in [0, 0.1) is 6.92 Å². The minimum Gasteiger partial charge on any atom is -0.342 e. The highest BCUT2D eigenvalue weighted by atomic mass is 32.2. The van der Waals surface area contributed by atoms with Gasteiger partial charge in [0.1, 0.15) is 5.52 Å². The van der Waals surface area contributed by atoms with Crippen molar-refractivity contribution in [2.45, 2.75) is 17.8 Å². The fraction of sp³-hybridized carbons (Fsp3) is 0.154. The van der Waals surface area contributed by atoms with Gasteiger partial charge in [-0.2, -0.15) is 0 Å². The molecule has 1 aromatic carbocycles. The Labute approximate surface area is 109 Å². The summed E-state index contributed by atoms with van der Waals surface area (Å²) in [6, 6.07) is 10.3. The molecule has 0 unspecified atom stereocenters. The minimum atomic E-state index is 0.734. The maximum atomic E-state index is 4.47. The third-order valence-electron chi connectivity index (χ3n) is 2.66. The molecule has 0 spiro atoms. The summed E-state index contributed by atoms with van der Waals surface area (Å²) >= 11 is 1.63. The maximum Gasteiger partial charge on any atom is 0.190 e. The fourth-order valence-corrected chi connectivity index (χ4v) is 2.58. The molecule has 4 nitrogen and oxygen atoms in total. The molecule has 0 amide bonds. The van der Waals surface area contributed by atoms with Gasteiger partial charge in [-0.1, -0.05) is 42.1 Å². The molecular formula is C13H12N4S. The highest BCUT2D eigenvalue weighted by Crippen LogP contribution is 2.21. The highest BCUT2D eigenvalue weighted by molar-refractivity contribution is 7.98. The first kappa shape index (κ1) is 11.2. The lowest BCUT2D eigenvalue weighted by Gasteiger charge is -2.02. The van der Waals surface area contributed by atoms with E-state index in [9.17, 15) is 0 Å². The van der Waals surface area contributed by atoms with Crippen LogP contribution in [0.25, 0.3) is 11.2 Å². The normalized spacial score (nSPS) is 10.9. The lowest BCUT2D eigenvalue weighted by Crippen LogP contribution is -1.92. The maximum absolute atomic E-state index is 4.47. The molecule has 2 aromatic heterocycles. The van der Waals surface area contributed by atoms with Crippen molar-refractivity contribution < 1.29 is 0 Å². The number of hydrogen-bond donors (Lipinski definition) is 1. The van der Waals surface area contributed by atoms with Gasteiger partial charge in [-0.25, -0.2) is 15.0 Å². The van der Waals surface area contributed by atoms with Crippen molar-refractivity contribution >= 4 is 22.9 Å². The van der Waals surface area contributed by atoms with Gasteiger partial charge in [0.2, 0.25) is 0 Å². The summed E-state index contributed by atoms with van der Waals surface area (Å²) in [5, 5.41) is 0.774. The number of rotatable bonds is 3. The second-order valence-electron chi connectivity index (χ2n) is 3.97. The summed E-state index contributed by atoms with van der Waals surface area (Å²) in [4.78, 5) is 16.1. The first-order chi connectivity index (χ1) is 8.83. The number of thioether (sulfide) groups is 1. The van der Waals surface area contributed by atoms with Crippen molar-refractivity contribution in [3.05, 3.63) is 47.9 Å². The van der Waals surface area contributed by atoms with E-state index in [1.165, 1.54) is 5.56 Å². The largest absolute Gasteiger partial charge is 0.342 e. The Morgan fingerprint density at radius 3 is 2.83 bits per heavy atom. The molecule has 0 radical (unpaired) electrons. The molecule has 0 saturated carbocycles. The van der Waals surface area contributed by atoms with Crippen LogP contribution in [0.1, 0.15) is 11.3 Å². The van der Waals surface area contributed by atoms with Crippen LogP contribution in [0.3, 0.4) is 0 Å². The van der Waals surface area contributed by atoms with Gasteiger partial charge >= 0.3 is 0 Å². The smallest absolute Gasteiger partial charge is 0.190 e. The zero-order chi connectivity index (χ0) is 12.4. The molecule has 0 aliphatic carbocycles. The Morgan fingerprint density at radius 1 is 1.17 bits per heavy atom. The second kappa shape index (κ2) is 4.78. The number of imidazole rings is 1. The molecule has 3 rings (SSSR count). The van der Waals surface area contributed by atoms with E-state index in [4.69, 9.17) is 0 Å². The molecule has 3 aromatic rings. The van der Waals surface area contributed by atoms with Crippen LogP contribution < -0.4 is 0 Å². The second-order valence-corrected chi connectivity index (χ2v) is 4.91. The Bertz CT molecular complexity index is 663. The number of fused-ring (bicyclic) bond motifs is 1. The molecule has 18 heavy (non-hydrogen) atoms. The van der Waals surface area contributed by atoms with E-state index in [-0.39, 0.29) is 0 Å². The number of aromatic nitrogens is 4. The average Bonchev–Trinajstić information content (AvgIpc) is 2.86. The van der Waals surface area contributed by atoms with Gasteiger partial charge < -0.3 is 4.98 Å². The molecular weight excluding hydrogens is 244 g/mol. The van der Waals surface area contributed by atoms with Crippen LogP contribution in [-0.2, 0) is 5.75 Å². The van der Waals surface area contributed by atoms with Gasteiger partial charge in [0.05, 0.1) is 12.0 Å². The lowest BCUT2D eigenvalue weighted by atomic mass is 10.2. The molecule has 0 saturated heterocycles. The van der Waals surface area contributed by atoms with Crippen LogP contribution >= 0.6 is 11.8 Å². The summed E-state index contributed by atoms with van der Waals surface area (Å²) < 4.78 is 0. The van der Waals surface area contributed by atoms with Crippen LogP contribution in [-0.4, -0.2) is 19.9 Å². The van der Waals surface area contributed by atoms with Crippen molar-refractivity contribution in [1.82, 2.24) is 19.9 Å². The van der Waals surface area contributed by atoms with E-state index in [0.29, 0.717) is 0 Å². The number of aryl methyl sites for hydroxylation is 1. The fourth-order valence-electron chi connectivity index (χ4n) is 1.74. The van der Waals surface area contributed by atoms with Crippen LogP contribution in [0.4, 0.5) is 0 Å². The number of nitrogens with one attached hydrogen (secondary N) is 1. The topological polar surface area (TPSA) is 54.5 Å². The predicted octanol–water partition coefficient (Wildman–Crippen LogP) is 2.95. The zero-order valence-electron chi connectivity index (χ0n) is 9.92. The molecule has 1 N–H and O–H groups in total. The third kappa shape index (κ3) is 2.22. The lowest BCUT2D eigenvalue weighted by molar-refractivity contribution is 0.959. The molecule has 90 valence electrons. The third-order valence-corrected chi connectivity index (χ3v) is 3.58. The average molecular weight is 256 g/mol. The summed E-state index contributed by atoms with van der Waals surface area (Å²) in [7, 11) is 0. The van der Waals surface area contributed by atoms with E-state index < -0.39 is 0 Å². The van der Waals surface area contributed by atoms with E-state index in [2.05, 4.69) is 32.1 Å². The van der Waals surface area contributed by atoms with Crippen molar-refractivity contribution in [3.8, 4) is 0 Å². The number of nitrogens with zero attached hydrogens (tertiary/aromatic N) is 3. The summed E-state index contributed by atoms with van der Waals surface area (Å²) in [5.41, 5.74) is 3.86. The van der Waals surface area contributed by atoms with E-state index in [0.717, 1.165) is 27.8 Å². The minimum absolute atomic E-state index is 0.734. The number of hydrogen-bond acceptors (Lipinski definition) is 4. The Hall–Kier alpha value is -1.88. The van der Waals surface area contributed by atoms with Crippen molar-refractivity contribution in [2.75, 3.05) is 0 Å². The zero-order valence-corrected chi connectivity index (χ0v) is 10.7. The molecule has 0 fully saturated rings. The SMILES string of the molecule is Cc1nc(SCc2ccccc2)nc2nc[nH]c12. The molecule has 0 aliphatic rings. The number of benzene rings is 1. The van der Waals surface area contributed by atoms with Crippen molar-refractivity contribution in [2.24, 2.45) is 0 Å². The first-order valence-electron chi connectivity index (χ1n) is 5.67. The Kier molecular flexibility index (Phi) is 2.98. The van der Waals surface area contributed by atoms with Gasteiger partial charge in [0.25, 0.3) is 0 Å². The van der Waals surface area contributed by atoms with Gasteiger partial charge in [-0.3, -0.25) is 0 Å². The van der Waals surface area contributed by atoms with E-state index in [1.54, 1.807) is 18.1 Å².